The monoisotopic (exact) mass is 515 g/mol. The summed E-state index contributed by atoms with van der Waals surface area (Å²) in [7, 11) is 0. The lowest BCUT2D eigenvalue weighted by Gasteiger charge is -2.47. The highest BCUT2D eigenvalue weighted by atomic mass is 35.5. The van der Waals surface area contributed by atoms with Crippen molar-refractivity contribution in [1.82, 2.24) is 15.5 Å². The zero-order chi connectivity index (χ0) is 26.3. The highest BCUT2D eigenvalue weighted by molar-refractivity contribution is 6.30. The van der Waals surface area contributed by atoms with Gasteiger partial charge in [0.15, 0.2) is 5.76 Å². The molecule has 2 amide bonds. The van der Waals surface area contributed by atoms with E-state index in [9.17, 15) is 19.5 Å². The van der Waals surface area contributed by atoms with Gasteiger partial charge in [-0.3, -0.25) is 14.4 Å². The fourth-order valence-corrected chi connectivity index (χ4v) is 5.62. The Morgan fingerprint density at radius 2 is 1.81 bits per heavy atom. The van der Waals surface area contributed by atoms with Gasteiger partial charge in [-0.1, -0.05) is 11.6 Å². The molecule has 1 saturated heterocycles. The Kier molecular flexibility index (Phi) is 7.21. The summed E-state index contributed by atoms with van der Waals surface area (Å²) in [5.41, 5.74) is -0.426. The lowest BCUT2D eigenvalue weighted by Crippen LogP contribution is -2.59. The molecule has 3 N–H and O–H groups in total. The SMILES string of the molecule is CC(C)(C)N[C@@H]1CC[C@H](N2CC[C@H](NC(=O)c3ccc(-c4ccc(Cl)cc4)o3)C2=O)[C@](C)(C(=O)O)C1. The van der Waals surface area contributed by atoms with Crippen LogP contribution in [0.5, 0.6) is 0 Å². The van der Waals surface area contributed by atoms with E-state index in [-0.39, 0.29) is 23.2 Å². The van der Waals surface area contributed by atoms with Gasteiger partial charge >= 0.3 is 5.97 Å². The van der Waals surface area contributed by atoms with Crippen molar-refractivity contribution in [3.8, 4) is 11.3 Å². The number of carbonyl (C=O) groups is 3. The van der Waals surface area contributed by atoms with Gasteiger partial charge < -0.3 is 25.1 Å². The number of furan rings is 1. The van der Waals surface area contributed by atoms with E-state index < -0.39 is 29.4 Å². The molecule has 0 spiro atoms. The highest BCUT2D eigenvalue weighted by Gasteiger charge is 2.52. The van der Waals surface area contributed by atoms with Gasteiger partial charge in [0.05, 0.1) is 5.41 Å². The lowest BCUT2D eigenvalue weighted by atomic mass is 9.68. The van der Waals surface area contributed by atoms with Crippen LogP contribution in [0.2, 0.25) is 5.02 Å². The van der Waals surface area contributed by atoms with Crippen molar-refractivity contribution in [3.05, 3.63) is 47.2 Å². The molecular formula is C27H34ClN3O5. The molecule has 2 heterocycles. The van der Waals surface area contributed by atoms with Crippen LogP contribution in [0.3, 0.4) is 0 Å². The smallest absolute Gasteiger partial charge is 0.311 e. The Morgan fingerprint density at radius 1 is 1.11 bits per heavy atom. The molecule has 1 aromatic carbocycles. The van der Waals surface area contributed by atoms with Gasteiger partial charge in [-0.2, -0.15) is 0 Å². The minimum Gasteiger partial charge on any atom is -0.481 e. The zero-order valence-corrected chi connectivity index (χ0v) is 21.9. The van der Waals surface area contributed by atoms with Crippen LogP contribution < -0.4 is 10.6 Å². The number of carbonyl (C=O) groups excluding carboxylic acids is 2. The number of halogens is 1. The maximum atomic E-state index is 13.3. The van der Waals surface area contributed by atoms with Crippen LogP contribution in [0.25, 0.3) is 11.3 Å². The number of benzene rings is 1. The highest BCUT2D eigenvalue weighted by Crippen LogP contribution is 2.41. The predicted octanol–water partition coefficient (Wildman–Crippen LogP) is 4.33. The summed E-state index contributed by atoms with van der Waals surface area (Å²) in [5, 5.41) is 17.0. The van der Waals surface area contributed by atoms with Crippen LogP contribution in [-0.4, -0.2) is 58.0 Å². The van der Waals surface area contributed by atoms with E-state index in [2.05, 4.69) is 31.4 Å². The summed E-state index contributed by atoms with van der Waals surface area (Å²) in [5.74, 6) is -0.995. The molecule has 1 saturated carbocycles. The molecule has 0 unspecified atom stereocenters. The number of nitrogens with zero attached hydrogens (tertiary/aromatic N) is 1. The minimum atomic E-state index is -1.08. The first kappa shape index (κ1) is 26.2. The van der Waals surface area contributed by atoms with Crippen molar-refractivity contribution in [3.63, 3.8) is 0 Å². The Hall–Kier alpha value is -2.84. The first-order valence-corrected chi connectivity index (χ1v) is 12.7. The van der Waals surface area contributed by atoms with E-state index in [1.165, 1.54) is 0 Å². The number of nitrogens with one attached hydrogen (secondary N) is 2. The van der Waals surface area contributed by atoms with Gasteiger partial charge in [-0.25, -0.2) is 0 Å². The molecular weight excluding hydrogens is 482 g/mol. The number of hydrogen-bond donors (Lipinski definition) is 3. The number of amides is 2. The third-order valence-corrected chi connectivity index (χ3v) is 7.45. The van der Waals surface area contributed by atoms with Crippen molar-refractivity contribution in [1.29, 1.82) is 0 Å². The maximum Gasteiger partial charge on any atom is 0.311 e. The molecule has 0 bridgehead atoms. The Bertz CT molecular complexity index is 1140. The molecule has 2 aromatic rings. The zero-order valence-electron chi connectivity index (χ0n) is 21.1. The van der Waals surface area contributed by atoms with Gasteiger partial charge in [-0.15, -0.1) is 0 Å². The van der Waals surface area contributed by atoms with Crippen molar-refractivity contribution in [2.75, 3.05) is 6.54 Å². The summed E-state index contributed by atoms with van der Waals surface area (Å²) in [6, 6.07) is 9.26. The van der Waals surface area contributed by atoms with Gasteiger partial charge in [0.1, 0.15) is 11.8 Å². The molecule has 9 heteroatoms. The maximum absolute atomic E-state index is 13.3. The van der Waals surface area contributed by atoms with Crippen LogP contribution in [0.4, 0.5) is 0 Å². The topological polar surface area (TPSA) is 112 Å². The van der Waals surface area contributed by atoms with Gasteiger partial charge in [0, 0.05) is 34.8 Å². The largest absolute Gasteiger partial charge is 0.481 e. The summed E-state index contributed by atoms with van der Waals surface area (Å²) in [4.78, 5) is 40.2. The second kappa shape index (κ2) is 9.90. The minimum absolute atomic E-state index is 0.0596. The number of carboxylic acid groups (broad SMARTS) is 1. The standard InChI is InChI=1S/C27H34ClN3O5/c1-26(2,3)30-18-9-12-22(27(4,15-18)25(34)35)31-14-13-19(24(31)33)29-23(32)21-11-10-20(36-21)16-5-7-17(28)8-6-16/h5-8,10-11,18-19,22,30H,9,12-15H2,1-4H3,(H,29,32)(H,34,35)/t18-,19+,22+,27-/m1/s1. The number of carboxylic acids is 1. The molecule has 8 nitrogen and oxygen atoms in total. The Morgan fingerprint density at radius 3 is 2.44 bits per heavy atom. The average molecular weight is 516 g/mol. The van der Waals surface area contributed by atoms with Crippen molar-refractivity contribution in [2.24, 2.45) is 5.41 Å². The summed E-state index contributed by atoms with van der Waals surface area (Å²) in [6.07, 6.45) is 2.23. The van der Waals surface area contributed by atoms with Crippen LogP contribution >= 0.6 is 11.6 Å². The second-order valence-electron chi connectivity index (χ2n) is 11.1. The number of hydrogen-bond acceptors (Lipinski definition) is 5. The molecule has 194 valence electrons. The van der Waals surface area contributed by atoms with E-state index >= 15 is 0 Å². The van der Waals surface area contributed by atoms with E-state index in [1.807, 2.05) is 0 Å². The van der Waals surface area contributed by atoms with Crippen molar-refractivity contribution >= 4 is 29.4 Å². The molecule has 1 aliphatic heterocycles. The molecule has 36 heavy (non-hydrogen) atoms. The van der Waals surface area contributed by atoms with Gasteiger partial charge in [0.2, 0.25) is 5.91 Å². The Balaban J connectivity index is 1.42. The first-order chi connectivity index (χ1) is 16.9. The van der Waals surface area contributed by atoms with E-state index in [0.29, 0.717) is 36.6 Å². The molecule has 4 atom stereocenters. The number of rotatable bonds is 6. The summed E-state index contributed by atoms with van der Waals surface area (Å²) in [6.45, 7) is 8.32. The molecule has 0 radical (unpaired) electrons. The molecule has 4 rings (SSSR count). The van der Waals surface area contributed by atoms with Crippen LogP contribution in [-0.2, 0) is 9.59 Å². The van der Waals surface area contributed by atoms with Crippen molar-refractivity contribution < 1.29 is 23.9 Å². The van der Waals surface area contributed by atoms with E-state index in [4.69, 9.17) is 16.0 Å². The number of likely N-dealkylation sites (tertiary alicyclic amines) is 1. The summed E-state index contributed by atoms with van der Waals surface area (Å²) >= 11 is 5.93. The Labute approximate surface area is 216 Å². The van der Waals surface area contributed by atoms with Gasteiger partial charge in [-0.05, 0) is 89.8 Å². The molecule has 2 fully saturated rings. The van der Waals surface area contributed by atoms with E-state index in [1.54, 1.807) is 48.2 Å². The molecule has 1 aromatic heterocycles. The second-order valence-corrected chi connectivity index (χ2v) is 11.6. The molecule has 1 aliphatic carbocycles. The number of aliphatic carboxylic acids is 1. The fourth-order valence-electron chi connectivity index (χ4n) is 5.50. The lowest BCUT2D eigenvalue weighted by molar-refractivity contribution is -0.158. The summed E-state index contributed by atoms with van der Waals surface area (Å²) < 4.78 is 5.71. The van der Waals surface area contributed by atoms with E-state index in [0.717, 1.165) is 12.0 Å². The van der Waals surface area contributed by atoms with Crippen LogP contribution in [0.15, 0.2) is 40.8 Å². The third-order valence-electron chi connectivity index (χ3n) is 7.20. The van der Waals surface area contributed by atoms with Crippen molar-refractivity contribution in [2.45, 2.75) is 77.0 Å². The van der Waals surface area contributed by atoms with Gasteiger partial charge in [0.25, 0.3) is 5.91 Å². The third kappa shape index (κ3) is 5.44. The van der Waals surface area contributed by atoms with Crippen LogP contribution in [0, 0.1) is 5.41 Å². The normalized spacial score (nSPS) is 26.8. The van der Waals surface area contributed by atoms with Crippen LogP contribution in [0.1, 0.15) is 63.9 Å². The average Bonchev–Trinajstić information content (AvgIpc) is 3.41. The predicted molar refractivity (Wildman–Crippen MR) is 137 cm³/mol. The quantitative estimate of drug-likeness (QED) is 0.528. The fraction of sp³-hybridized carbons (Fsp3) is 0.519. The first-order valence-electron chi connectivity index (χ1n) is 12.4. The molecule has 2 aliphatic rings.